The number of amides is 1. The van der Waals surface area contributed by atoms with Crippen molar-refractivity contribution in [2.75, 3.05) is 18.6 Å². The highest BCUT2D eigenvalue weighted by atomic mass is 35.5. The number of carbonyl (C=O) groups is 1. The zero-order chi connectivity index (χ0) is 16.2. The molecule has 0 bridgehead atoms. The number of sulfone groups is 1. The van der Waals surface area contributed by atoms with E-state index in [4.69, 9.17) is 11.6 Å². The van der Waals surface area contributed by atoms with Crippen LogP contribution in [0.4, 0.5) is 4.39 Å². The van der Waals surface area contributed by atoms with Crippen molar-refractivity contribution in [2.24, 2.45) is 0 Å². The van der Waals surface area contributed by atoms with Crippen LogP contribution in [0.3, 0.4) is 0 Å². The summed E-state index contributed by atoms with van der Waals surface area (Å²) >= 11 is 5.88. The molecule has 1 atom stereocenters. The van der Waals surface area contributed by atoms with Crippen molar-refractivity contribution in [1.29, 1.82) is 0 Å². The SMILES string of the molecule is CCS(=O)(=O)CC(C)N(C)C(=O)Cc1c(F)cccc1Cl. The van der Waals surface area contributed by atoms with Gasteiger partial charge >= 0.3 is 0 Å². The van der Waals surface area contributed by atoms with Crippen LogP contribution in [-0.4, -0.2) is 43.8 Å². The first-order valence-corrected chi connectivity index (χ1v) is 8.76. The molecule has 118 valence electrons. The molecule has 0 aliphatic rings. The highest BCUT2D eigenvalue weighted by molar-refractivity contribution is 7.91. The Balaban J connectivity index is 2.80. The fourth-order valence-electron chi connectivity index (χ4n) is 1.82. The zero-order valence-corrected chi connectivity index (χ0v) is 13.8. The van der Waals surface area contributed by atoms with Crippen molar-refractivity contribution < 1.29 is 17.6 Å². The summed E-state index contributed by atoms with van der Waals surface area (Å²) in [4.78, 5) is 13.5. The summed E-state index contributed by atoms with van der Waals surface area (Å²) in [5, 5.41) is 0.186. The Bertz CT molecular complexity index is 598. The predicted molar refractivity (Wildman–Crippen MR) is 81.7 cm³/mol. The van der Waals surface area contributed by atoms with Gasteiger partial charge in [0, 0.05) is 29.4 Å². The number of benzene rings is 1. The summed E-state index contributed by atoms with van der Waals surface area (Å²) in [5.41, 5.74) is 0.126. The van der Waals surface area contributed by atoms with E-state index in [-0.39, 0.29) is 34.4 Å². The van der Waals surface area contributed by atoms with Gasteiger partial charge in [0.2, 0.25) is 5.91 Å². The molecule has 0 N–H and O–H groups in total. The Labute approximate surface area is 129 Å². The Hall–Kier alpha value is -1.14. The Morgan fingerprint density at radius 3 is 2.57 bits per heavy atom. The summed E-state index contributed by atoms with van der Waals surface area (Å²) in [7, 11) is -1.67. The molecule has 4 nitrogen and oxygen atoms in total. The van der Waals surface area contributed by atoms with E-state index in [9.17, 15) is 17.6 Å². The highest BCUT2D eigenvalue weighted by Crippen LogP contribution is 2.20. The maximum Gasteiger partial charge on any atom is 0.227 e. The Kier molecular flexibility index (Phi) is 6.16. The smallest absolute Gasteiger partial charge is 0.227 e. The molecule has 0 saturated carbocycles. The first kappa shape index (κ1) is 17.9. The fraction of sp³-hybridized carbons (Fsp3) is 0.500. The van der Waals surface area contributed by atoms with E-state index in [1.54, 1.807) is 13.8 Å². The molecule has 0 aliphatic carbocycles. The van der Waals surface area contributed by atoms with Gasteiger partial charge in [-0.2, -0.15) is 0 Å². The zero-order valence-electron chi connectivity index (χ0n) is 12.3. The predicted octanol–water partition coefficient (Wildman–Crippen LogP) is 2.30. The molecule has 1 unspecified atom stereocenters. The first-order valence-electron chi connectivity index (χ1n) is 6.57. The Morgan fingerprint density at radius 1 is 1.43 bits per heavy atom. The molecule has 0 aliphatic heterocycles. The van der Waals surface area contributed by atoms with Gasteiger partial charge in [0.05, 0.1) is 12.2 Å². The number of likely N-dealkylation sites (N-methyl/N-ethyl adjacent to an activating group) is 1. The molecular weight excluding hydrogens is 317 g/mol. The van der Waals surface area contributed by atoms with Crippen LogP contribution < -0.4 is 0 Å². The fourth-order valence-corrected chi connectivity index (χ4v) is 3.24. The summed E-state index contributed by atoms with van der Waals surface area (Å²) in [5.74, 6) is -1.01. The molecule has 21 heavy (non-hydrogen) atoms. The molecule has 0 radical (unpaired) electrons. The number of halogens is 2. The van der Waals surface area contributed by atoms with Crippen LogP contribution in [-0.2, 0) is 21.1 Å². The van der Waals surface area contributed by atoms with Crippen molar-refractivity contribution in [3.8, 4) is 0 Å². The van der Waals surface area contributed by atoms with Gasteiger partial charge < -0.3 is 4.90 Å². The molecule has 1 aromatic rings. The highest BCUT2D eigenvalue weighted by Gasteiger charge is 2.22. The normalized spacial score (nSPS) is 13.0. The Morgan fingerprint density at radius 2 is 2.05 bits per heavy atom. The number of rotatable bonds is 6. The quantitative estimate of drug-likeness (QED) is 0.801. The lowest BCUT2D eigenvalue weighted by Crippen LogP contribution is -2.40. The molecule has 7 heteroatoms. The molecule has 0 spiro atoms. The van der Waals surface area contributed by atoms with Crippen molar-refractivity contribution in [2.45, 2.75) is 26.3 Å². The minimum Gasteiger partial charge on any atom is -0.342 e. The minimum atomic E-state index is -3.18. The monoisotopic (exact) mass is 335 g/mol. The van der Waals surface area contributed by atoms with Crippen LogP contribution in [0.25, 0.3) is 0 Å². The van der Waals surface area contributed by atoms with E-state index in [0.29, 0.717) is 0 Å². The summed E-state index contributed by atoms with van der Waals surface area (Å²) in [6, 6.07) is 3.73. The maximum atomic E-state index is 13.6. The van der Waals surface area contributed by atoms with E-state index in [1.165, 1.54) is 30.1 Å². The van der Waals surface area contributed by atoms with Gasteiger partial charge in [0.25, 0.3) is 0 Å². The van der Waals surface area contributed by atoms with Crippen LogP contribution >= 0.6 is 11.6 Å². The molecule has 1 amide bonds. The van der Waals surface area contributed by atoms with Crippen LogP contribution in [0, 0.1) is 5.82 Å². The average Bonchev–Trinajstić information content (AvgIpc) is 2.41. The van der Waals surface area contributed by atoms with E-state index >= 15 is 0 Å². The summed E-state index contributed by atoms with van der Waals surface area (Å²) in [6.45, 7) is 3.21. The topological polar surface area (TPSA) is 54.5 Å². The van der Waals surface area contributed by atoms with Gasteiger partial charge in [0.15, 0.2) is 9.84 Å². The molecule has 0 fully saturated rings. The third kappa shape index (κ3) is 4.97. The third-order valence-electron chi connectivity index (χ3n) is 3.38. The molecule has 0 heterocycles. The van der Waals surface area contributed by atoms with Gasteiger partial charge in [-0.25, -0.2) is 12.8 Å². The van der Waals surface area contributed by atoms with Crippen LogP contribution in [0.5, 0.6) is 0 Å². The van der Waals surface area contributed by atoms with E-state index in [1.807, 2.05) is 0 Å². The van der Waals surface area contributed by atoms with Crippen LogP contribution in [0.1, 0.15) is 19.4 Å². The maximum absolute atomic E-state index is 13.6. The van der Waals surface area contributed by atoms with Crippen LogP contribution in [0.15, 0.2) is 18.2 Å². The average molecular weight is 336 g/mol. The van der Waals surface area contributed by atoms with E-state index in [0.717, 1.165) is 0 Å². The number of hydrogen-bond acceptors (Lipinski definition) is 3. The van der Waals surface area contributed by atoms with Crippen molar-refractivity contribution in [3.05, 3.63) is 34.6 Å². The summed E-state index contributed by atoms with van der Waals surface area (Å²) in [6.07, 6.45) is -0.196. The standard InChI is InChI=1S/C14H19ClFNO3S/c1-4-21(19,20)9-10(2)17(3)14(18)8-11-12(15)6-5-7-13(11)16/h5-7,10H,4,8-9H2,1-3H3. The number of hydrogen-bond donors (Lipinski definition) is 0. The first-order chi connectivity index (χ1) is 9.68. The second kappa shape index (κ2) is 7.22. The van der Waals surface area contributed by atoms with Crippen molar-refractivity contribution in [1.82, 2.24) is 4.90 Å². The molecule has 0 saturated heterocycles. The van der Waals surface area contributed by atoms with Gasteiger partial charge in [0.1, 0.15) is 5.82 Å². The van der Waals surface area contributed by atoms with Gasteiger partial charge in [-0.05, 0) is 19.1 Å². The molecule has 0 aromatic heterocycles. The number of carbonyl (C=O) groups excluding carboxylic acids is 1. The van der Waals surface area contributed by atoms with Crippen LogP contribution in [0.2, 0.25) is 5.02 Å². The number of nitrogens with zero attached hydrogens (tertiary/aromatic N) is 1. The molecule has 1 aromatic carbocycles. The second-order valence-electron chi connectivity index (χ2n) is 4.93. The van der Waals surface area contributed by atoms with Gasteiger partial charge in [-0.3, -0.25) is 4.79 Å². The van der Waals surface area contributed by atoms with Gasteiger partial charge in [-0.1, -0.05) is 24.6 Å². The lowest BCUT2D eigenvalue weighted by molar-refractivity contribution is -0.130. The summed E-state index contributed by atoms with van der Waals surface area (Å²) < 4.78 is 36.8. The lowest BCUT2D eigenvalue weighted by Gasteiger charge is -2.25. The minimum absolute atomic E-state index is 0.0263. The van der Waals surface area contributed by atoms with Crippen molar-refractivity contribution in [3.63, 3.8) is 0 Å². The van der Waals surface area contributed by atoms with E-state index < -0.39 is 21.7 Å². The molecular formula is C14H19ClFNO3S. The third-order valence-corrected chi connectivity index (χ3v) is 5.60. The van der Waals surface area contributed by atoms with E-state index in [2.05, 4.69) is 0 Å². The largest absolute Gasteiger partial charge is 0.342 e. The second-order valence-corrected chi connectivity index (χ2v) is 7.73. The van der Waals surface area contributed by atoms with Gasteiger partial charge in [-0.15, -0.1) is 0 Å². The molecule has 1 rings (SSSR count). The van der Waals surface area contributed by atoms with Crippen molar-refractivity contribution >= 4 is 27.3 Å². The lowest BCUT2D eigenvalue weighted by atomic mass is 10.1.